The Morgan fingerprint density at radius 1 is 1.60 bits per heavy atom. The Morgan fingerprint density at radius 3 is 2.87 bits per heavy atom. The molecular formula is C12H18BrNS. The van der Waals surface area contributed by atoms with Crippen LogP contribution in [0.4, 0.5) is 0 Å². The first-order valence-electron chi connectivity index (χ1n) is 5.68. The van der Waals surface area contributed by atoms with E-state index in [9.17, 15) is 0 Å². The Labute approximate surface area is 104 Å². The fourth-order valence-corrected chi connectivity index (χ4v) is 3.72. The average Bonchev–Trinajstić information content (AvgIpc) is 2.56. The molecule has 84 valence electrons. The summed E-state index contributed by atoms with van der Waals surface area (Å²) in [5, 5.41) is 5.61. The van der Waals surface area contributed by atoms with Crippen molar-refractivity contribution in [2.75, 3.05) is 7.05 Å². The largest absolute Gasteiger partial charge is 0.317 e. The molecule has 3 heteroatoms. The van der Waals surface area contributed by atoms with E-state index in [1.165, 1.54) is 41.5 Å². The van der Waals surface area contributed by atoms with Crippen molar-refractivity contribution in [3.05, 3.63) is 20.8 Å². The van der Waals surface area contributed by atoms with Gasteiger partial charge in [0.1, 0.15) is 0 Å². The van der Waals surface area contributed by atoms with Gasteiger partial charge in [0.2, 0.25) is 0 Å². The maximum Gasteiger partial charge on any atom is 0.0314 e. The predicted molar refractivity (Wildman–Crippen MR) is 70.5 cm³/mol. The Bertz CT molecular complexity index is 306. The quantitative estimate of drug-likeness (QED) is 0.868. The van der Waals surface area contributed by atoms with Crippen LogP contribution in [0, 0.1) is 5.92 Å². The molecule has 1 unspecified atom stereocenters. The molecule has 1 aromatic rings. The number of nitrogens with one attached hydrogen (secondary N) is 1. The van der Waals surface area contributed by atoms with Crippen LogP contribution in [-0.2, 0) is 6.42 Å². The van der Waals surface area contributed by atoms with Crippen molar-refractivity contribution in [3.8, 4) is 0 Å². The topological polar surface area (TPSA) is 12.0 Å². The van der Waals surface area contributed by atoms with Crippen molar-refractivity contribution in [1.29, 1.82) is 0 Å². The molecular weight excluding hydrogens is 270 g/mol. The number of likely N-dealkylation sites (N-methyl/N-ethyl adjacent to an activating group) is 1. The summed E-state index contributed by atoms with van der Waals surface area (Å²) in [4.78, 5) is 1.48. The lowest BCUT2D eigenvalue weighted by Crippen LogP contribution is -2.31. The van der Waals surface area contributed by atoms with E-state index in [4.69, 9.17) is 0 Å². The number of halogens is 1. The molecule has 1 nitrogen and oxygen atoms in total. The summed E-state index contributed by atoms with van der Waals surface area (Å²) in [7, 11) is 2.09. The number of hydrogen-bond donors (Lipinski definition) is 1. The van der Waals surface area contributed by atoms with E-state index in [0.717, 1.165) is 5.92 Å². The Balaban J connectivity index is 1.87. The highest BCUT2D eigenvalue weighted by Crippen LogP contribution is 2.32. The minimum atomic E-state index is 0.658. The Kier molecular flexibility index (Phi) is 4.23. The zero-order chi connectivity index (χ0) is 10.7. The Morgan fingerprint density at radius 2 is 2.40 bits per heavy atom. The van der Waals surface area contributed by atoms with Crippen LogP contribution in [0.25, 0.3) is 0 Å². The standard InChI is InChI=1S/C12H18BrNS/c1-14-10(7-9-3-2-4-9)8-12-11(13)5-6-15-12/h5-6,9-10,14H,2-4,7-8H2,1H3. The van der Waals surface area contributed by atoms with Gasteiger partial charge in [0.25, 0.3) is 0 Å². The molecule has 1 aromatic heterocycles. The second-order valence-electron chi connectivity index (χ2n) is 4.41. The maximum atomic E-state index is 3.60. The second-order valence-corrected chi connectivity index (χ2v) is 6.27. The van der Waals surface area contributed by atoms with Crippen molar-refractivity contribution in [2.45, 2.75) is 38.1 Å². The van der Waals surface area contributed by atoms with Gasteiger partial charge >= 0.3 is 0 Å². The average molecular weight is 288 g/mol. The van der Waals surface area contributed by atoms with Crippen LogP contribution < -0.4 is 5.32 Å². The van der Waals surface area contributed by atoms with Crippen LogP contribution in [0.1, 0.15) is 30.6 Å². The minimum Gasteiger partial charge on any atom is -0.317 e. The molecule has 0 amide bonds. The molecule has 1 heterocycles. The van der Waals surface area contributed by atoms with Crippen LogP contribution >= 0.6 is 27.3 Å². The molecule has 1 atom stereocenters. The number of thiophene rings is 1. The van der Waals surface area contributed by atoms with Crippen molar-refractivity contribution in [2.24, 2.45) is 5.92 Å². The summed E-state index contributed by atoms with van der Waals surface area (Å²) in [6.45, 7) is 0. The molecule has 1 N–H and O–H groups in total. The lowest BCUT2D eigenvalue weighted by Gasteiger charge is -2.29. The van der Waals surface area contributed by atoms with Gasteiger partial charge < -0.3 is 5.32 Å². The van der Waals surface area contributed by atoms with Gasteiger partial charge in [0, 0.05) is 15.4 Å². The monoisotopic (exact) mass is 287 g/mol. The van der Waals surface area contributed by atoms with Crippen LogP contribution in [0.3, 0.4) is 0 Å². The molecule has 0 spiro atoms. The van der Waals surface area contributed by atoms with Gasteiger partial charge in [-0.25, -0.2) is 0 Å². The van der Waals surface area contributed by atoms with E-state index < -0.39 is 0 Å². The van der Waals surface area contributed by atoms with Crippen LogP contribution in [0.5, 0.6) is 0 Å². The third-order valence-electron chi connectivity index (χ3n) is 3.37. The number of rotatable bonds is 5. The zero-order valence-electron chi connectivity index (χ0n) is 9.13. The van der Waals surface area contributed by atoms with Gasteiger partial charge in [0.15, 0.2) is 0 Å². The lowest BCUT2D eigenvalue weighted by molar-refractivity contribution is 0.264. The van der Waals surface area contributed by atoms with Gasteiger partial charge in [-0.15, -0.1) is 11.3 Å². The molecule has 0 saturated heterocycles. The third-order valence-corrected chi connectivity index (χ3v) is 5.32. The van der Waals surface area contributed by atoms with Gasteiger partial charge in [-0.1, -0.05) is 19.3 Å². The van der Waals surface area contributed by atoms with E-state index in [2.05, 4.69) is 39.7 Å². The second kappa shape index (κ2) is 5.46. The highest BCUT2D eigenvalue weighted by Gasteiger charge is 2.22. The highest BCUT2D eigenvalue weighted by atomic mass is 79.9. The van der Waals surface area contributed by atoms with E-state index >= 15 is 0 Å². The van der Waals surface area contributed by atoms with Crippen LogP contribution in [0.2, 0.25) is 0 Å². The highest BCUT2D eigenvalue weighted by molar-refractivity contribution is 9.10. The fraction of sp³-hybridized carbons (Fsp3) is 0.667. The first-order valence-corrected chi connectivity index (χ1v) is 7.36. The number of hydrogen-bond acceptors (Lipinski definition) is 2. The predicted octanol–water partition coefficient (Wildman–Crippen LogP) is 3.83. The van der Waals surface area contributed by atoms with E-state index in [1.54, 1.807) is 0 Å². The van der Waals surface area contributed by atoms with Crippen molar-refractivity contribution < 1.29 is 0 Å². The van der Waals surface area contributed by atoms with Gasteiger partial charge in [-0.3, -0.25) is 0 Å². The first kappa shape index (κ1) is 11.6. The minimum absolute atomic E-state index is 0.658. The summed E-state index contributed by atoms with van der Waals surface area (Å²) in [6.07, 6.45) is 6.86. The molecule has 0 radical (unpaired) electrons. The Hall–Kier alpha value is 0.140. The van der Waals surface area contributed by atoms with Crippen LogP contribution in [-0.4, -0.2) is 13.1 Å². The molecule has 1 fully saturated rings. The smallest absolute Gasteiger partial charge is 0.0314 e. The van der Waals surface area contributed by atoms with Crippen molar-refractivity contribution in [1.82, 2.24) is 5.32 Å². The lowest BCUT2D eigenvalue weighted by atomic mass is 9.80. The molecule has 2 rings (SSSR count). The summed E-state index contributed by atoms with van der Waals surface area (Å²) in [5.74, 6) is 0.987. The maximum absolute atomic E-state index is 3.60. The third kappa shape index (κ3) is 3.05. The van der Waals surface area contributed by atoms with E-state index in [0.29, 0.717) is 6.04 Å². The molecule has 0 aliphatic heterocycles. The summed E-state index contributed by atoms with van der Waals surface area (Å²) in [5.41, 5.74) is 0. The molecule has 0 aromatic carbocycles. The molecule has 0 bridgehead atoms. The SMILES string of the molecule is CNC(Cc1sccc1Br)CC1CCC1. The molecule has 1 saturated carbocycles. The normalized spacial score (nSPS) is 18.8. The molecule has 1 aliphatic rings. The zero-order valence-corrected chi connectivity index (χ0v) is 11.5. The first-order chi connectivity index (χ1) is 7.29. The molecule has 1 aliphatic carbocycles. The summed E-state index contributed by atoms with van der Waals surface area (Å²) < 4.78 is 1.28. The van der Waals surface area contributed by atoms with E-state index in [-0.39, 0.29) is 0 Å². The van der Waals surface area contributed by atoms with Gasteiger partial charge in [-0.05, 0) is 53.2 Å². The van der Waals surface area contributed by atoms with Crippen molar-refractivity contribution in [3.63, 3.8) is 0 Å². The van der Waals surface area contributed by atoms with Gasteiger partial charge in [0.05, 0.1) is 0 Å². The summed E-state index contributed by atoms with van der Waals surface area (Å²) in [6, 6.07) is 2.81. The van der Waals surface area contributed by atoms with Crippen molar-refractivity contribution >= 4 is 27.3 Å². The van der Waals surface area contributed by atoms with Gasteiger partial charge in [-0.2, -0.15) is 0 Å². The fourth-order valence-electron chi connectivity index (χ4n) is 2.13. The summed E-state index contributed by atoms with van der Waals surface area (Å²) >= 11 is 5.46. The molecule has 15 heavy (non-hydrogen) atoms. The van der Waals surface area contributed by atoms with Crippen LogP contribution in [0.15, 0.2) is 15.9 Å². The van der Waals surface area contributed by atoms with E-state index in [1.807, 2.05) is 11.3 Å².